The summed E-state index contributed by atoms with van der Waals surface area (Å²) < 4.78 is 11.1. The molecular formula is C21H24N4O3. The molecule has 0 unspecified atom stereocenters. The zero-order valence-corrected chi connectivity index (χ0v) is 15.7. The number of piperidine rings is 3. The Kier molecular flexibility index (Phi) is 3.66. The summed E-state index contributed by atoms with van der Waals surface area (Å²) in [4.78, 5) is 25.1. The van der Waals surface area contributed by atoms with Crippen LogP contribution < -0.4 is 9.47 Å². The molecule has 1 N–H and O–H groups in total. The fraction of sp³-hybridized carbons (Fsp3) is 0.524. The topological polar surface area (TPSA) is 70.7 Å². The highest BCUT2D eigenvalue weighted by Crippen LogP contribution is 2.48. The lowest BCUT2D eigenvalue weighted by Crippen LogP contribution is -2.60. The number of amides is 1. The molecule has 4 fully saturated rings. The van der Waals surface area contributed by atoms with Crippen molar-refractivity contribution < 1.29 is 14.3 Å². The van der Waals surface area contributed by atoms with Crippen molar-refractivity contribution in [1.82, 2.24) is 19.8 Å². The first kappa shape index (κ1) is 16.4. The van der Waals surface area contributed by atoms with Crippen LogP contribution in [0, 0.1) is 5.92 Å². The molecule has 1 amide bonds. The van der Waals surface area contributed by atoms with Crippen molar-refractivity contribution >= 4 is 5.91 Å². The van der Waals surface area contributed by atoms with E-state index in [0.29, 0.717) is 37.1 Å². The van der Waals surface area contributed by atoms with E-state index < -0.39 is 0 Å². The molecule has 1 aromatic carbocycles. The lowest BCUT2D eigenvalue weighted by atomic mass is 9.75. The van der Waals surface area contributed by atoms with Crippen LogP contribution >= 0.6 is 0 Å². The molecule has 4 saturated heterocycles. The van der Waals surface area contributed by atoms with E-state index in [2.05, 4.69) is 31.9 Å². The second kappa shape index (κ2) is 6.24. The molecule has 0 aliphatic carbocycles. The molecule has 0 radical (unpaired) electrons. The van der Waals surface area contributed by atoms with Gasteiger partial charge in [0.15, 0.2) is 11.5 Å². The van der Waals surface area contributed by atoms with Crippen LogP contribution in [0.2, 0.25) is 0 Å². The van der Waals surface area contributed by atoms with Gasteiger partial charge in [-0.1, -0.05) is 6.07 Å². The van der Waals surface area contributed by atoms with Crippen LogP contribution in [0.5, 0.6) is 11.5 Å². The Morgan fingerprint density at radius 2 is 2.04 bits per heavy atom. The Hall–Kier alpha value is -2.54. The first-order valence-electron chi connectivity index (χ1n) is 10.2. The van der Waals surface area contributed by atoms with E-state index in [1.54, 1.807) is 12.5 Å². The summed E-state index contributed by atoms with van der Waals surface area (Å²) in [6, 6.07) is 7.00. The van der Waals surface area contributed by atoms with Gasteiger partial charge in [-0.25, -0.2) is 4.98 Å². The quantitative estimate of drug-likeness (QED) is 0.879. The van der Waals surface area contributed by atoms with Crippen LogP contribution in [0.25, 0.3) is 0 Å². The van der Waals surface area contributed by atoms with Gasteiger partial charge in [0.2, 0.25) is 12.7 Å². The minimum atomic E-state index is 0.205. The summed E-state index contributed by atoms with van der Waals surface area (Å²) in [7, 11) is 0. The van der Waals surface area contributed by atoms with E-state index in [4.69, 9.17) is 9.47 Å². The second-order valence-corrected chi connectivity index (χ2v) is 8.37. The third kappa shape index (κ3) is 2.45. The van der Waals surface area contributed by atoms with Crippen LogP contribution in [0.4, 0.5) is 0 Å². The third-order valence-corrected chi connectivity index (χ3v) is 7.04. The van der Waals surface area contributed by atoms with Gasteiger partial charge in [0, 0.05) is 30.4 Å². The molecule has 146 valence electrons. The second-order valence-electron chi connectivity index (χ2n) is 8.37. The van der Waals surface area contributed by atoms with Gasteiger partial charge in [-0.05, 0) is 49.5 Å². The van der Waals surface area contributed by atoms with E-state index in [-0.39, 0.29) is 5.91 Å². The molecule has 0 saturated carbocycles. The largest absolute Gasteiger partial charge is 0.454 e. The highest BCUT2D eigenvalue weighted by molar-refractivity contribution is 5.79. The van der Waals surface area contributed by atoms with Crippen LogP contribution in [0.15, 0.2) is 30.7 Å². The summed E-state index contributed by atoms with van der Waals surface area (Å²) in [5, 5.41) is 0. The smallest absolute Gasteiger partial charge is 0.231 e. The third-order valence-electron chi connectivity index (χ3n) is 7.04. The monoisotopic (exact) mass is 380 g/mol. The summed E-state index contributed by atoms with van der Waals surface area (Å²) in [5.74, 6) is 2.77. The van der Waals surface area contributed by atoms with Gasteiger partial charge in [-0.2, -0.15) is 0 Å². The highest BCUT2D eigenvalue weighted by atomic mass is 16.7. The summed E-state index contributed by atoms with van der Waals surface area (Å²) >= 11 is 0. The zero-order chi connectivity index (χ0) is 18.7. The molecule has 2 bridgehead atoms. The fourth-order valence-corrected chi connectivity index (χ4v) is 5.79. The maximum Gasteiger partial charge on any atom is 0.231 e. The van der Waals surface area contributed by atoms with Crippen molar-refractivity contribution in [2.45, 2.75) is 37.3 Å². The number of fused-ring (bicyclic) bond motifs is 3. The molecule has 3 atom stereocenters. The van der Waals surface area contributed by atoms with E-state index in [9.17, 15) is 4.79 Å². The number of aromatic amines is 1. The molecule has 7 heteroatoms. The number of hydrogen-bond donors (Lipinski definition) is 1. The number of rotatable bonds is 3. The van der Waals surface area contributed by atoms with Crippen LogP contribution in [0.1, 0.15) is 30.0 Å². The zero-order valence-electron chi connectivity index (χ0n) is 15.7. The Labute approximate surface area is 163 Å². The van der Waals surface area contributed by atoms with Gasteiger partial charge in [0.1, 0.15) is 0 Å². The number of likely N-dealkylation sites (tertiary alicyclic amines) is 1. The van der Waals surface area contributed by atoms with E-state index in [1.807, 2.05) is 6.07 Å². The molecule has 7 rings (SSSR count). The van der Waals surface area contributed by atoms with Gasteiger partial charge in [0.05, 0.1) is 18.8 Å². The van der Waals surface area contributed by atoms with Crippen molar-refractivity contribution in [3.05, 3.63) is 42.0 Å². The molecule has 28 heavy (non-hydrogen) atoms. The Morgan fingerprint density at radius 3 is 2.86 bits per heavy atom. The first-order valence-corrected chi connectivity index (χ1v) is 10.2. The Balaban J connectivity index is 1.34. The first-order chi connectivity index (χ1) is 13.8. The summed E-state index contributed by atoms with van der Waals surface area (Å²) in [5.41, 5.74) is 2.14. The normalized spacial score (nSPS) is 32.6. The van der Waals surface area contributed by atoms with E-state index in [0.717, 1.165) is 36.8 Å². The number of imidazole rings is 1. The Morgan fingerprint density at radius 1 is 1.18 bits per heavy atom. The maximum absolute atomic E-state index is 13.2. The van der Waals surface area contributed by atoms with E-state index in [1.165, 1.54) is 18.4 Å². The number of nitrogens with one attached hydrogen (secondary N) is 1. The highest BCUT2D eigenvalue weighted by Gasteiger charge is 2.54. The number of H-pyrrole nitrogens is 1. The molecule has 0 spiro atoms. The van der Waals surface area contributed by atoms with Gasteiger partial charge in [0.25, 0.3) is 0 Å². The molecule has 6 heterocycles. The number of hydrogen-bond acceptors (Lipinski definition) is 5. The number of carbonyl (C=O) groups excluding carboxylic acids is 1. The van der Waals surface area contributed by atoms with Crippen LogP contribution in [-0.2, 0) is 11.2 Å². The van der Waals surface area contributed by atoms with Crippen molar-refractivity contribution in [3.8, 4) is 11.5 Å². The standard InChI is InChI=1S/C21H24N4O3/c26-19(8-15-9-22-11-23-15)25-10-16(14-1-2-17-18(7-14)28-12-27-17)21-20(25)13-3-5-24(21)6-4-13/h1-2,7,9,11,13,16,20-21H,3-6,8,10,12H2,(H,22,23)/t16-,20+,21+/m0/s1. The summed E-state index contributed by atoms with van der Waals surface area (Å²) in [6.45, 7) is 3.36. The van der Waals surface area contributed by atoms with Gasteiger partial charge in [-0.3, -0.25) is 9.69 Å². The van der Waals surface area contributed by atoms with Gasteiger partial charge >= 0.3 is 0 Å². The molecule has 5 aliphatic rings. The molecular weight excluding hydrogens is 356 g/mol. The molecule has 2 aromatic rings. The maximum atomic E-state index is 13.2. The minimum Gasteiger partial charge on any atom is -0.454 e. The van der Waals surface area contributed by atoms with Crippen LogP contribution in [-0.4, -0.2) is 64.2 Å². The van der Waals surface area contributed by atoms with E-state index >= 15 is 0 Å². The Bertz CT molecular complexity index is 891. The molecule has 1 aromatic heterocycles. The van der Waals surface area contributed by atoms with Crippen molar-refractivity contribution in [1.29, 1.82) is 0 Å². The minimum absolute atomic E-state index is 0.205. The van der Waals surface area contributed by atoms with Crippen molar-refractivity contribution in [2.24, 2.45) is 5.92 Å². The number of carbonyl (C=O) groups is 1. The van der Waals surface area contributed by atoms with Crippen molar-refractivity contribution in [2.75, 3.05) is 26.4 Å². The average Bonchev–Trinajstić information content (AvgIpc) is 3.47. The van der Waals surface area contributed by atoms with Crippen LogP contribution in [0.3, 0.4) is 0 Å². The van der Waals surface area contributed by atoms with Gasteiger partial charge < -0.3 is 19.4 Å². The molecule has 7 nitrogen and oxygen atoms in total. The predicted octanol–water partition coefficient (Wildman–Crippen LogP) is 1.77. The number of nitrogens with zero attached hydrogens (tertiary/aromatic N) is 3. The SMILES string of the molecule is O=C(Cc1cnc[nH]1)N1C[C@@H](c2ccc3c(c2)OCO3)[C@@H]2[C@H]1C1CCN2CC1. The van der Waals surface area contributed by atoms with Gasteiger partial charge in [-0.15, -0.1) is 0 Å². The predicted molar refractivity (Wildman–Crippen MR) is 101 cm³/mol. The fourth-order valence-electron chi connectivity index (χ4n) is 5.79. The summed E-state index contributed by atoms with van der Waals surface area (Å²) in [6.07, 6.45) is 6.17. The average molecular weight is 380 g/mol. The number of ether oxygens (including phenoxy) is 2. The van der Waals surface area contributed by atoms with Crippen molar-refractivity contribution in [3.63, 3.8) is 0 Å². The number of aromatic nitrogens is 2. The lowest BCUT2D eigenvalue weighted by molar-refractivity contribution is -0.135. The number of benzene rings is 1. The lowest BCUT2D eigenvalue weighted by Gasteiger charge is -2.51. The molecule has 5 aliphatic heterocycles.